The van der Waals surface area contributed by atoms with Gasteiger partial charge >= 0.3 is 0 Å². The van der Waals surface area contributed by atoms with Gasteiger partial charge in [-0.15, -0.1) is 0 Å². The summed E-state index contributed by atoms with van der Waals surface area (Å²) in [5.41, 5.74) is 14.1. The molecule has 2 heterocycles. The number of para-hydroxylation sites is 1. The number of aromatic nitrogens is 1. The molecule has 0 saturated carbocycles. The van der Waals surface area contributed by atoms with Crippen LogP contribution in [-0.2, 0) is 24.4 Å². The van der Waals surface area contributed by atoms with Crippen LogP contribution in [0.5, 0.6) is 0 Å². The Bertz CT molecular complexity index is 1670. The van der Waals surface area contributed by atoms with Crippen LogP contribution in [0.4, 0.5) is 5.69 Å². The van der Waals surface area contributed by atoms with Crippen LogP contribution in [0.1, 0.15) is 57.2 Å². The molecule has 1 atom stereocenters. The number of amides is 2. The van der Waals surface area contributed by atoms with Gasteiger partial charge in [-0.2, -0.15) is 0 Å². The third-order valence-corrected chi connectivity index (χ3v) is 8.49. The largest absolute Gasteiger partial charge is 0.366 e. The zero-order chi connectivity index (χ0) is 28.7. The van der Waals surface area contributed by atoms with Crippen LogP contribution < -0.4 is 10.6 Å². The van der Waals surface area contributed by atoms with E-state index in [0.29, 0.717) is 35.7 Å². The van der Waals surface area contributed by atoms with Gasteiger partial charge in [0.05, 0.1) is 17.1 Å². The first-order valence-electron chi connectivity index (χ1n) is 13.9. The smallest absolute Gasteiger partial charge is 0.260 e. The molecule has 1 aromatic heterocycles. The number of rotatable bonds is 6. The quantitative estimate of drug-likeness (QED) is 0.302. The van der Waals surface area contributed by atoms with Gasteiger partial charge < -0.3 is 20.1 Å². The molecule has 0 fully saturated rings. The minimum atomic E-state index is -0.387. The molecule has 2 N–H and O–H groups in total. The number of carbonyl (C=O) groups is 2. The van der Waals surface area contributed by atoms with E-state index < -0.39 is 0 Å². The molecule has 3 aromatic carbocycles. The zero-order valence-electron chi connectivity index (χ0n) is 23.3. The van der Waals surface area contributed by atoms with Crippen molar-refractivity contribution in [2.75, 3.05) is 19.0 Å². The van der Waals surface area contributed by atoms with Crippen molar-refractivity contribution in [3.63, 3.8) is 0 Å². The highest BCUT2D eigenvalue weighted by Gasteiger charge is 2.32. The predicted molar refractivity (Wildman–Crippen MR) is 164 cm³/mol. The van der Waals surface area contributed by atoms with Gasteiger partial charge in [-0.25, -0.2) is 0 Å². The Hall–Kier alpha value is -4.13. The van der Waals surface area contributed by atoms with Crippen LogP contribution in [0.15, 0.2) is 90.5 Å². The summed E-state index contributed by atoms with van der Waals surface area (Å²) >= 11 is 6.88. The number of allylic oxidation sites excluding steroid dienone is 1. The van der Waals surface area contributed by atoms with E-state index >= 15 is 0 Å². The van der Waals surface area contributed by atoms with Crippen molar-refractivity contribution in [1.82, 2.24) is 9.47 Å². The third-order valence-electron chi connectivity index (χ3n) is 8.18. The number of halogens is 1. The molecule has 0 saturated heterocycles. The first-order valence-corrected chi connectivity index (χ1v) is 14.3. The maximum Gasteiger partial charge on any atom is 0.260 e. The SMILES string of the molecule is CN(C)Cc1ccc2n1Cc1ccccc1N(C(=O)c1ccc(C3CCC(C(N)=O)=C3c3ccccc3)cc1Cl)C2. The summed E-state index contributed by atoms with van der Waals surface area (Å²) in [5.74, 6) is -0.553. The Balaban J connectivity index is 1.35. The van der Waals surface area contributed by atoms with Crippen molar-refractivity contribution in [2.24, 2.45) is 5.73 Å². The molecule has 1 aliphatic heterocycles. The normalized spacial score (nSPS) is 16.5. The lowest BCUT2D eigenvalue weighted by atomic mass is 9.87. The molecule has 0 bridgehead atoms. The highest BCUT2D eigenvalue weighted by atomic mass is 35.5. The summed E-state index contributed by atoms with van der Waals surface area (Å²) in [4.78, 5) is 30.4. The monoisotopic (exact) mass is 564 g/mol. The zero-order valence-corrected chi connectivity index (χ0v) is 24.1. The number of fused-ring (bicyclic) bond motifs is 2. The Labute approximate surface area is 245 Å². The molecule has 0 radical (unpaired) electrons. The highest BCUT2D eigenvalue weighted by Crippen LogP contribution is 2.46. The number of hydrogen-bond donors (Lipinski definition) is 1. The van der Waals surface area contributed by atoms with Crippen LogP contribution in [0, 0.1) is 0 Å². The number of nitrogens with two attached hydrogens (primary N) is 1. The van der Waals surface area contributed by atoms with E-state index in [1.54, 1.807) is 0 Å². The molecule has 41 heavy (non-hydrogen) atoms. The Morgan fingerprint density at radius 1 is 0.951 bits per heavy atom. The molecule has 1 unspecified atom stereocenters. The first kappa shape index (κ1) is 27.1. The fourth-order valence-corrected chi connectivity index (χ4v) is 6.56. The molecule has 2 aliphatic rings. The maximum absolute atomic E-state index is 14.1. The minimum absolute atomic E-state index is 0.0288. The van der Waals surface area contributed by atoms with Crippen LogP contribution in [0.3, 0.4) is 0 Å². The van der Waals surface area contributed by atoms with Gasteiger partial charge in [0.25, 0.3) is 5.91 Å². The van der Waals surface area contributed by atoms with Crippen molar-refractivity contribution < 1.29 is 9.59 Å². The number of anilines is 1. The summed E-state index contributed by atoms with van der Waals surface area (Å²) in [7, 11) is 4.12. The molecule has 7 heteroatoms. The van der Waals surface area contributed by atoms with Crippen molar-refractivity contribution >= 4 is 34.7 Å². The number of nitrogens with zero attached hydrogens (tertiary/aromatic N) is 3. The number of hydrogen-bond acceptors (Lipinski definition) is 3. The maximum atomic E-state index is 14.1. The Morgan fingerprint density at radius 3 is 2.44 bits per heavy atom. The van der Waals surface area contributed by atoms with Crippen LogP contribution in [-0.4, -0.2) is 35.4 Å². The summed E-state index contributed by atoms with van der Waals surface area (Å²) in [6, 6.07) is 27.9. The van der Waals surface area contributed by atoms with Crippen molar-refractivity contribution in [3.05, 3.63) is 129 Å². The molecule has 1 aliphatic carbocycles. The fraction of sp³-hybridized carbons (Fsp3) is 0.235. The second-order valence-electron chi connectivity index (χ2n) is 11.1. The number of carbonyl (C=O) groups excluding carboxylic acids is 2. The summed E-state index contributed by atoms with van der Waals surface area (Å²) < 4.78 is 2.31. The van der Waals surface area contributed by atoms with Gasteiger partial charge in [-0.05, 0) is 79.5 Å². The van der Waals surface area contributed by atoms with E-state index in [4.69, 9.17) is 17.3 Å². The van der Waals surface area contributed by atoms with Crippen molar-refractivity contribution in [2.45, 2.75) is 38.4 Å². The molecule has 2 amide bonds. The summed E-state index contributed by atoms with van der Waals surface area (Å²) in [6.45, 7) is 1.98. The molecule has 0 spiro atoms. The standard InChI is InChI=1S/C34H33ClN4O2/c1-37(2)20-25-13-14-26-21-39(31-11-7-6-10-24(31)19-38(25)26)34(41)28-15-12-23(18-30(28)35)27-16-17-29(33(36)40)32(27)22-8-4-3-5-9-22/h3-15,18,27H,16-17,19-21H2,1-2H3,(H2,36,40). The third kappa shape index (κ3) is 5.09. The van der Waals surface area contributed by atoms with Crippen molar-refractivity contribution in [3.8, 4) is 0 Å². The van der Waals surface area contributed by atoms with E-state index in [1.807, 2.05) is 71.6 Å². The van der Waals surface area contributed by atoms with E-state index in [2.05, 4.69) is 41.8 Å². The Kier molecular flexibility index (Phi) is 7.28. The van der Waals surface area contributed by atoms with Gasteiger partial charge in [-0.3, -0.25) is 9.59 Å². The number of primary amides is 1. The van der Waals surface area contributed by atoms with Crippen LogP contribution in [0.25, 0.3) is 5.57 Å². The minimum Gasteiger partial charge on any atom is -0.366 e. The molecule has 208 valence electrons. The van der Waals surface area contributed by atoms with Crippen LogP contribution in [0.2, 0.25) is 5.02 Å². The van der Waals surface area contributed by atoms with Crippen LogP contribution >= 0.6 is 11.6 Å². The fourth-order valence-electron chi connectivity index (χ4n) is 6.29. The lowest BCUT2D eigenvalue weighted by Gasteiger charge is -2.24. The first-order chi connectivity index (χ1) is 19.8. The van der Waals surface area contributed by atoms with Gasteiger partial charge in [0.15, 0.2) is 0 Å². The van der Waals surface area contributed by atoms with Gasteiger partial charge in [-0.1, -0.05) is 66.2 Å². The topological polar surface area (TPSA) is 71.6 Å². The molecular weight excluding hydrogens is 532 g/mol. The molecular formula is C34H33ClN4O2. The lowest BCUT2D eigenvalue weighted by Crippen LogP contribution is -2.31. The molecule has 6 rings (SSSR count). The second-order valence-corrected chi connectivity index (χ2v) is 11.5. The second kappa shape index (κ2) is 11.0. The Morgan fingerprint density at radius 2 is 1.71 bits per heavy atom. The van der Waals surface area contributed by atoms with E-state index in [-0.39, 0.29) is 17.7 Å². The van der Waals surface area contributed by atoms with Gasteiger partial charge in [0, 0.05) is 41.7 Å². The molecule has 6 nitrogen and oxygen atoms in total. The highest BCUT2D eigenvalue weighted by molar-refractivity contribution is 6.34. The average Bonchev–Trinajstić information content (AvgIpc) is 3.52. The number of benzene rings is 3. The summed E-state index contributed by atoms with van der Waals surface area (Å²) in [6.07, 6.45) is 1.38. The van der Waals surface area contributed by atoms with E-state index in [9.17, 15) is 9.59 Å². The molecule has 4 aromatic rings. The lowest BCUT2D eigenvalue weighted by molar-refractivity contribution is -0.114. The van der Waals surface area contributed by atoms with E-state index in [0.717, 1.165) is 46.6 Å². The predicted octanol–water partition coefficient (Wildman–Crippen LogP) is 6.23. The van der Waals surface area contributed by atoms with Crippen molar-refractivity contribution in [1.29, 1.82) is 0 Å². The summed E-state index contributed by atoms with van der Waals surface area (Å²) in [5, 5.41) is 0.401. The van der Waals surface area contributed by atoms with Gasteiger partial charge in [0.2, 0.25) is 5.91 Å². The average molecular weight is 565 g/mol. The van der Waals surface area contributed by atoms with Gasteiger partial charge in [0.1, 0.15) is 0 Å². The van der Waals surface area contributed by atoms with E-state index in [1.165, 1.54) is 5.69 Å².